The first-order chi connectivity index (χ1) is 9.74. The normalized spacial score (nSPS) is 9.85. The number of hydrogen-bond donors (Lipinski definition) is 0. The molecule has 0 aliphatic heterocycles. The van der Waals surface area contributed by atoms with Crippen LogP contribution in [0.5, 0.6) is 11.5 Å². The summed E-state index contributed by atoms with van der Waals surface area (Å²) in [5.74, 6) is 1.44. The Labute approximate surface area is 119 Å². The number of methoxy groups -OCH3 is 1. The van der Waals surface area contributed by atoms with Crippen LogP contribution in [0.4, 0.5) is 0 Å². The van der Waals surface area contributed by atoms with Crippen molar-refractivity contribution in [3.8, 4) is 17.6 Å². The molecule has 0 N–H and O–H groups in total. The van der Waals surface area contributed by atoms with E-state index in [1.54, 1.807) is 7.11 Å². The van der Waals surface area contributed by atoms with Crippen LogP contribution in [0.2, 0.25) is 0 Å². The number of rotatable bonds is 5. The lowest BCUT2D eigenvalue weighted by atomic mass is 10.1. The third kappa shape index (κ3) is 3.30. The maximum Gasteiger partial charge on any atom is 0.161 e. The zero-order chi connectivity index (χ0) is 14.4. The standard InChI is InChI=1S/C17H17NO2/c1-13-7-8-16(17(11-13)19-2)20-12-15-6-4-3-5-14(15)9-10-18/h3-8,11H,9,12H2,1-2H3. The van der Waals surface area contributed by atoms with Crippen LogP contribution in [0.25, 0.3) is 0 Å². The van der Waals surface area contributed by atoms with E-state index in [0.717, 1.165) is 22.4 Å². The number of hydrogen-bond acceptors (Lipinski definition) is 3. The fourth-order valence-electron chi connectivity index (χ4n) is 2.01. The highest BCUT2D eigenvalue weighted by atomic mass is 16.5. The summed E-state index contributed by atoms with van der Waals surface area (Å²) in [5, 5.41) is 8.83. The molecule has 0 saturated heterocycles. The predicted molar refractivity (Wildman–Crippen MR) is 77.8 cm³/mol. The van der Waals surface area contributed by atoms with Crippen molar-refractivity contribution < 1.29 is 9.47 Å². The molecule has 2 aromatic rings. The molecule has 2 aromatic carbocycles. The summed E-state index contributed by atoms with van der Waals surface area (Å²) >= 11 is 0. The highest BCUT2D eigenvalue weighted by Gasteiger charge is 2.06. The molecular formula is C17H17NO2. The third-order valence-electron chi connectivity index (χ3n) is 3.09. The second-order valence-corrected chi connectivity index (χ2v) is 4.55. The van der Waals surface area contributed by atoms with Gasteiger partial charge in [-0.1, -0.05) is 30.3 Å². The summed E-state index contributed by atoms with van der Waals surface area (Å²) in [6, 6.07) is 15.8. The summed E-state index contributed by atoms with van der Waals surface area (Å²) in [5.41, 5.74) is 3.15. The Morgan fingerprint density at radius 1 is 1.05 bits per heavy atom. The second kappa shape index (κ2) is 6.63. The molecule has 0 spiro atoms. The summed E-state index contributed by atoms with van der Waals surface area (Å²) in [6.45, 7) is 2.44. The van der Waals surface area contributed by atoms with Gasteiger partial charge in [-0.15, -0.1) is 0 Å². The molecule has 0 aromatic heterocycles. The molecule has 0 amide bonds. The predicted octanol–water partition coefficient (Wildman–Crippen LogP) is 3.65. The van der Waals surface area contributed by atoms with Gasteiger partial charge in [-0.05, 0) is 35.7 Å². The second-order valence-electron chi connectivity index (χ2n) is 4.55. The smallest absolute Gasteiger partial charge is 0.161 e. The summed E-state index contributed by atoms with van der Waals surface area (Å²) < 4.78 is 11.1. The Kier molecular flexibility index (Phi) is 4.62. The summed E-state index contributed by atoms with van der Waals surface area (Å²) in [7, 11) is 1.63. The van der Waals surface area contributed by atoms with Gasteiger partial charge < -0.3 is 9.47 Å². The van der Waals surface area contributed by atoms with Gasteiger partial charge in [0.05, 0.1) is 19.6 Å². The van der Waals surface area contributed by atoms with Gasteiger partial charge in [0.1, 0.15) is 6.61 Å². The lowest BCUT2D eigenvalue weighted by Crippen LogP contribution is -2.01. The molecular weight excluding hydrogens is 250 g/mol. The van der Waals surface area contributed by atoms with Crippen LogP contribution in [-0.4, -0.2) is 7.11 Å². The van der Waals surface area contributed by atoms with Crippen LogP contribution in [0, 0.1) is 18.3 Å². The van der Waals surface area contributed by atoms with E-state index in [2.05, 4.69) is 6.07 Å². The number of nitriles is 1. The van der Waals surface area contributed by atoms with Gasteiger partial charge in [0.15, 0.2) is 11.5 Å². The van der Waals surface area contributed by atoms with Crippen molar-refractivity contribution in [3.63, 3.8) is 0 Å². The number of benzene rings is 2. The highest BCUT2D eigenvalue weighted by molar-refractivity contribution is 5.42. The molecule has 0 saturated carbocycles. The molecule has 0 unspecified atom stereocenters. The minimum absolute atomic E-state index is 0.393. The molecule has 2 rings (SSSR count). The molecule has 0 atom stereocenters. The Morgan fingerprint density at radius 2 is 1.80 bits per heavy atom. The van der Waals surface area contributed by atoms with Crippen molar-refractivity contribution in [2.24, 2.45) is 0 Å². The van der Waals surface area contributed by atoms with E-state index >= 15 is 0 Å². The van der Waals surface area contributed by atoms with Crippen molar-refractivity contribution in [1.29, 1.82) is 5.26 Å². The molecule has 102 valence electrons. The van der Waals surface area contributed by atoms with Crippen molar-refractivity contribution in [1.82, 2.24) is 0 Å². The van der Waals surface area contributed by atoms with E-state index < -0.39 is 0 Å². The average molecular weight is 267 g/mol. The third-order valence-corrected chi connectivity index (χ3v) is 3.09. The van der Waals surface area contributed by atoms with Crippen molar-refractivity contribution >= 4 is 0 Å². The van der Waals surface area contributed by atoms with E-state index in [4.69, 9.17) is 14.7 Å². The van der Waals surface area contributed by atoms with Crippen LogP contribution in [0.15, 0.2) is 42.5 Å². The lowest BCUT2D eigenvalue weighted by molar-refractivity contribution is 0.283. The van der Waals surface area contributed by atoms with Crippen molar-refractivity contribution in [2.75, 3.05) is 7.11 Å². The first-order valence-electron chi connectivity index (χ1n) is 6.45. The van der Waals surface area contributed by atoms with Crippen LogP contribution in [0.1, 0.15) is 16.7 Å². The zero-order valence-electron chi connectivity index (χ0n) is 11.7. The number of nitrogens with zero attached hydrogens (tertiary/aromatic N) is 1. The molecule has 0 bridgehead atoms. The molecule has 20 heavy (non-hydrogen) atoms. The number of aryl methyl sites for hydroxylation is 1. The maximum atomic E-state index is 8.83. The van der Waals surface area contributed by atoms with E-state index in [1.165, 1.54) is 0 Å². The van der Waals surface area contributed by atoms with E-state index in [-0.39, 0.29) is 0 Å². The Hall–Kier alpha value is -2.47. The Bertz CT molecular complexity index is 623. The monoisotopic (exact) mass is 267 g/mol. The van der Waals surface area contributed by atoms with E-state index in [9.17, 15) is 0 Å². The SMILES string of the molecule is COc1cc(C)ccc1OCc1ccccc1CC#N. The summed E-state index contributed by atoms with van der Waals surface area (Å²) in [4.78, 5) is 0. The number of ether oxygens (including phenoxy) is 2. The molecule has 0 aliphatic rings. The lowest BCUT2D eigenvalue weighted by Gasteiger charge is -2.12. The minimum Gasteiger partial charge on any atom is -0.493 e. The Morgan fingerprint density at radius 3 is 2.50 bits per heavy atom. The van der Waals surface area contributed by atoms with E-state index in [1.807, 2.05) is 49.4 Å². The van der Waals surface area contributed by atoms with Gasteiger partial charge in [0.25, 0.3) is 0 Å². The molecule has 0 heterocycles. The average Bonchev–Trinajstić information content (AvgIpc) is 2.47. The highest BCUT2D eigenvalue weighted by Crippen LogP contribution is 2.28. The van der Waals surface area contributed by atoms with Gasteiger partial charge >= 0.3 is 0 Å². The van der Waals surface area contributed by atoms with Crippen LogP contribution in [-0.2, 0) is 13.0 Å². The minimum atomic E-state index is 0.393. The van der Waals surface area contributed by atoms with Gasteiger partial charge in [-0.3, -0.25) is 0 Å². The fourth-order valence-corrected chi connectivity index (χ4v) is 2.01. The first kappa shape index (κ1) is 14.0. The maximum absolute atomic E-state index is 8.83. The molecule has 3 heteroatoms. The van der Waals surface area contributed by atoms with Crippen LogP contribution < -0.4 is 9.47 Å². The van der Waals surface area contributed by atoms with Crippen molar-refractivity contribution in [2.45, 2.75) is 20.0 Å². The summed E-state index contributed by atoms with van der Waals surface area (Å²) in [6.07, 6.45) is 0.393. The van der Waals surface area contributed by atoms with Gasteiger partial charge in [-0.2, -0.15) is 5.26 Å². The van der Waals surface area contributed by atoms with Gasteiger partial charge in [-0.25, -0.2) is 0 Å². The van der Waals surface area contributed by atoms with Gasteiger partial charge in [0.2, 0.25) is 0 Å². The van der Waals surface area contributed by atoms with Crippen LogP contribution in [0.3, 0.4) is 0 Å². The molecule has 3 nitrogen and oxygen atoms in total. The van der Waals surface area contributed by atoms with Crippen molar-refractivity contribution in [3.05, 3.63) is 59.2 Å². The zero-order valence-corrected chi connectivity index (χ0v) is 11.7. The topological polar surface area (TPSA) is 42.2 Å². The fraction of sp³-hybridized carbons (Fsp3) is 0.235. The van der Waals surface area contributed by atoms with Gasteiger partial charge in [0, 0.05) is 0 Å². The molecule has 0 fully saturated rings. The Balaban J connectivity index is 2.15. The largest absolute Gasteiger partial charge is 0.493 e. The van der Waals surface area contributed by atoms with Crippen LogP contribution >= 0.6 is 0 Å². The first-order valence-corrected chi connectivity index (χ1v) is 6.45. The molecule has 0 radical (unpaired) electrons. The van der Waals surface area contributed by atoms with E-state index in [0.29, 0.717) is 18.8 Å². The molecule has 0 aliphatic carbocycles. The quantitative estimate of drug-likeness (QED) is 0.830.